The molecule has 0 aromatic carbocycles. The van der Waals surface area contributed by atoms with Crippen LogP contribution in [-0.4, -0.2) is 47.8 Å². The molecule has 19 heavy (non-hydrogen) atoms. The molecule has 0 aliphatic carbocycles. The number of nitrogens with zero attached hydrogens (tertiary/aromatic N) is 2. The smallest absolute Gasteiger partial charge is 0.237 e. The minimum Gasteiger partial charge on any atom is -0.342 e. The second kappa shape index (κ2) is 6.40. The van der Waals surface area contributed by atoms with Gasteiger partial charge in [0.25, 0.3) is 0 Å². The lowest BCUT2D eigenvalue weighted by molar-refractivity contribution is -0.155. The summed E-state index contributed by atoms with van der Waals surface area (Å²) in [6.45, 7) is 12.5. The molecular weight excluding hydrogens is 240 g/mol. The van der Waals surface area contributed by atoms with Crippen LogP contribution in [0.1, 0.15) is 47.5 Å². The van der Waals surface area contributed by atoms with E-state index in [2.05, 4.69) is 6.92 Å². The molecule has 1 saturated heterocycles. The van der Waals surface area contributed by atoms with E-state index in [1.54, 1.807) is 18.7 Å². The summed E-state index contributed by atoms with van der Waals surface area (Å²) in [6.07, 6.45) is 2.22. The van der Waals surface area contributed by atoms with Gasteiger partial charge in [-0.25, -0.2) is 0 Å². The van der Waals surface area contributed by atoms with Gasteiger partial charge in [0.1, 0.15) is 5.41 Å². The highest BCUT2D eigenvalue weighted by Gasteiger charge is 2.41. The topological polar surface area (TPSA) is 40.6 Å². The highest BCUT2D eigenvalue weighted by atomic mass is 16.2. The average molecular weight is 268 g/mol. The van der Waals surface area contributed by atoms with Gasteiger partial charge in [-0.1, -0.05) is 6.92 Å². The maximum Gasteiger partial charge on any atom is 0.237 e. The number of piperidine rings is 1. The molecular formula is C15H28N2O2. The lowest BCUT2D eigenvalue weighted by atomic mass is 9.87. The fourth-order valence-corrected chi connectivity index (χ4v) is 2.77. The van der Waals surface area contributed by atoms with E-state index in [-0.39, 0.29) is 11.8 Å². The third-order valence-corrected chi connectivity index (χ3v) is 4.06. The number of carbonyl (C=O) groups is 2. The first-order valence-electron chi connectivity index (χ1n) is 7.43. The van der Waals surface area contributed by atoms with E-state index in [0.717, 1.165) is 19.5 Å². The molecule has 1 rings (SSSR count). The number of rotatable bonds is 4. The van der Waals surface area contributed by atoms with Crippen LogP contribution in [0.3, 0.4) is 0 Å². The number of hydrogen-bond acceptors (Lipinski definition) is 2. The van der Waals surface area contributed by atoms with E-state index in [9.17, 15) is 9.59 Å². The van der Waals surface area contributed by atoms with Gasteiger partial charge in [0.15, 0.2) is 0 Å². The van der Waals surface area contributed by atoms with Crippen LogP contribution in [0.2, 0.25) is 0 Å². The predicted molar refractivity (Wildman–Crippen MR) is 76.7 cm³/mol. The van der Waals surface area contributed by atoms with Crippen molar-refractivity contribution in [1.29, 1.82) is 0 Å². The van der Waals surface area contributed by atoms with Gasteiger partial charge in [-0.05, 0) is 46.5 Å². The molecule has 2 amide bonds. The van der Waals surface area contributed by atoms with Crippen molar-refractivity contribution in [3.63, 3.8) is 0 Å². The van der Waals surface area contributed by atoms with Crippen LogP contribution in [0.4, 0.5) is 0 Å². The Morgan fingerprint density at radius 2 is 1.84 bits per heavy atom. The quantitative estimate of drug-likeness (QED) is 0.733. The van der Waals surface area contributed by atoms with Gasteiger partial charge in [-0.2, -0.15) is 0 Å². The molecule has 1 unspecified atom stereocenters. The first-order valence-corrected chi connectivity index (χ1v) is 7.43. The third kappa shape index (κ3) is 3.48. The minimum atomic E-state index is -0.941. The van der Waals surface area contributed by atoms with Gasteiger partial charge in [0.2, 0.25) is 11.8 Å². The van der Waals surface area contributed by atoms with E-state index >= 15 is 0 Å². The zero-order chi connectivity index (χ0) is 14.6. The Kier molecular flexibility index (Phi) is 5.39. The average Bonchev–Trinajstić information content (AvgIpc) is 2.39. The summed E-state index contributed by atoms with van der Waals surface area (Å²) >= 11 is 0. The number of likely N-dealkylation sites (tertiary alicyclic amines) is 1. The normalized spacial score (nSPS) is 20.3. The highest BCUT2D eigenvalue weighted by molar-refractivity contribution is 6.04. The van der Waals surface area contributed by atoms with Crippen LogP contribution >= 0.6 is 0 Å². The number of carbonyl (C=O) groups excluding carboxylic acids is 2. The Bertz CT molecular complexity index is 335. The van der Waals surface area contributed by atoms with Crippen LogP contribution in [0.15, 0.2) is 0 Å². The monoisotopic (exact) mass is 268 g/mol. The molecule has 1 aliphatic heterocycles. The summed E-state index contributed by atoms with van der Waals surface area (Å²) < 4.78 is 0. The third-order valence-electron chi connectivity index (χ3n) is 4.06. The summed E-state index contributed by atoms with van der Waals surface area (Å²) in [4.78, 5) is 28.7. The minimum absolute atomic E-state index is 0.0176. The number of amides is 2. The first-order chi connectivity index (χ1) is 8.84. The Balaban J connectivity index is 2.80. The van der Waals surface area contributed by atoms with Gasteiger partial charge in [-0.3, -0.25) is 9.59 Å². The molecule has 0 aromatic rings. The van der Waals surface area contributed by atoms with Gasteiger partial charge in [0.05, 0.1) is 0 Å². The van der Waals surface area contributed by atoms with Gasteiger partial charge in [0, 0.05) is 26.2 Å². The molecule has 0 spiro atoms. The Morgan fingerprint density at radius 3 is 2.32 bits per heavy atom. The SMILES string of the molecule is CCN(CC)C(=O)C(C)(C)C(=O)N1CCCC(C)C1. The van der Waals surface area contributed by atoms with Crippen molar-refractivity contribution in [2.45, 2.75) is 47.5 Å². The van der Waals surface area contributed by atoms with E-state index in [1.165, 1.54) is 6.42 Å². The molecule has 0 saturated carbocycles. The van der Waals surface area contributed by atoms with Crippen LogP contribution in [0, 0.1) is 11.3 Å². The van der Waals surface area contributed by atoms with Crippen molar-refractivity contribution in [1.82, 2.24) is 9.80 Å². The van der Waals surface area contributed by atoms with Gasteiger partial charge < -0.3 is 9.80 Å². The van der Waals surface area contributed by atoms with Crippen LogP contribution in [0.5, 0.6) is 0 Å². The van der Waals surface area contributed by atoms with Crippen molar-refractivity contribution >= 4 is 11.8 Å². The summed E-state index contributed by atoms with van der Waals surface area (Å²) in [5.74, 6) is 0.466. The molecule has 0 N–H and O–H groups in total. The first kappa shape index (κ1) is 16.0. The zero-order valence-electron chi connectivity index (χ0n) is 13.0. The predicted octanol–water partition coefficient (Wildman–Crippen LogP) is 2.14. The Hall–Kier alpha value is -1.06. The molecule has 1 heterocycles. The molecule has 1 atom stereocenters. The van der Waals surface area contributed by atoms with Crippen LogP contribution < -0.4 is 0 Å². The second-order valence-corrected chi connectivity index (χ2v) is 6.10. The van der Waals surface area contributed by atoms with Crippen molar-refractivity contribution in [2.24, 2.45) is 11.3 Å². The molecule has 0 bridgehead atoms. The van der Waals surface area contributed by atoms with Gasteiger partial charge >= 0.3 is 0 Å². The summed E-state index contributed by atoms with van der Waals surface area (Å²) in [5.41, 5.74) is -0.941. The van der Waals surface area contributed by atoms with Crippen molar-refractivity contribution < 1.29 is 9.59 Å². The fraction of sp³-hybridized carbons (Fsp3) is 0.867. The van der Waals surface area contributed by atoms with E-state index in [0.29, 0.717) is 19.0 Å². The van der Waals surface area contributed by atoms with Crippen molar-refractivity contribution in [3.05, 3.63) is 0 Å². The number of hydrogen-bond donors (Lipinski definition) is 0. The molecule has 4 heteroatoms. The largest absolute Gasteiger partial charge is 0.342 e. The summed E-state index contributed by atoms with van der Waals surface area (Å²) in [5, 5.41) is 0. The van der Waals surface area contributed by atoms with Crippen LogP contribution in [-0.2, 0) is 9.59 Å². The maximum absolute atomic E-state index is 12.6. The lowest BCUT2D eigenvalue weighted by Crippen LogP contribution is -2.52. The van der Waals surface area contributed by atoms with E-state index in [1.807, 2.05) is 18.7 Å². The Morgan fingerprint density at radius 1 is 1.26 bits per heavy atom. The van der Waals surface area contributed by atoms with Gasteiger partial charge in [-0.15, -0.1) is 0 Å². The lowest BCUT2D eigenvalue weighted by Gasteiger charge is -2.37. The maximum atomic E-state index is 12.6. The molecule has 110 valence electrons. The Labute approximate surface area is 117 Å². The van der Waals surface area contributed by atoms with Crippen molar-refractivity contribution in [2.75, 3.05) is 26.2 Å². The molecule has 0 aromatic heterocycles. The molecule has 1 aliphatic rings. The van der Waals surface area contributed by atoms with E-state index < -0.39 is 5.41 Å². The summed E-state index contributed by atoms with van der Waals surface area (Å²) in [7, 11) is 0. The van der Waals surface area contributed by atoms with E-state index in [4.69, 9.17) is 0 Å². The summed E-state index contributed by atoms with van der Waals surface area (Å²) in [6, 6.07) is 0. The molecule has 4 nitrogen and oxygen atoms in total. The van der Waals surface area contributed by atoms with Crippen LogP contribution in [0.25, 0.3) is 0 Å². The molecule has 1 fully saturated rings. The molecule has 0 radical (unpaired) electrons. The highest BCUT2D eigenvalue weighted by Crippen LogP contribution is 2.26. The fourth-order valence-electron chi connectivity index (χ4n) is 2.77. The second-order valence-electron chi connectivity index (χ2n) is 6.10. The zero-order valence-corrected chi connectivity index (χ0v) is 13.0. The standard InChI is InChI=1S/C15H28N2O2/c1-6-16(7-2)13(18)15(4,5)14(19)17-10-8-9-12(3)11-17/h12H,6-11H2,1-5H3. The van der Waals surface area contributed by atoms with Crippen molar-refractivity contribution in [3.8, 4) is 0 Å².